The SMILES string of the molecule is O=C(O)c1cc(Br)cc(NC(=O)c2csnn2)c1. The Balaban J connectivity index is 2.24. The Morgan fingerprint density at radius 1 is 1.33 bits per heavy atom. The fourth-order valence-corrected chi connectivity index (χ4v) is 2.17. The summed E-state index contributed by atoms with van der Waals surface area (Å²) in [6.07, 6.45) is 0. The van der Waals surface area contributed by atoms with Gasteiger partial charge in [0.05, 0.1) is 5.56 Å². The summed E-state index contributed by atoms with van der Waals surface area (Å²) < 4.78 is 4.14. The van der Waals surface area contributed by atoms with Crippen LogP contribution in [-0.4, -0.2) is 26.6 Å². The highest BCUT2D eigenvalue weighted by molar-refractivity contribution is 9.10. The number of benzene rings is 1. The maximum atomic E-state index is 11.7. The molecule has 0 saturated heterocycles. The zero-order valence-corrected chi connectivity index (χ0v) is 11.2. The highest BCUT2D eigenvalue weighted by Gasteiger charge is 2.11. The minimum Gasteiger partial charge on any atom is -0.478 e. The highest BCUT2D eigenvalue weighted by atomic mass is 79.9. The molecule has 0 bridgehead atoms. The zero-order valence-electron chi connectivity index (χ0n) is 8.75. The molecule has 1 aromatic carbocycles. The number of carboxylic acid groups (broad SMARTS) is 1. The van der Waals surface area contributed by atoms with Crippen molar-refractivity contribution in [2.75, 3.05) is 5.32 Å². The summed E-state index contributed by atoms with van der Waals surface area (Å²) in [5.74, 6) is -1.50. The van der Waals surface area contributed by atoms with E-state index in [1.807, 2.05) is 0 Å². The average Bonchev–Trinajstić information content (AvgIpc) is 2.81. The lowest BCUT2D eigenvalue weighted by atomic mass is 10.2. The molecular weight excluding hydrogens is 322 g/mol. The third kappa shape index (κ3) is 2.90. The van der Waals surface area contributed by atoms with Crippen LogP contribution in [-0.2, 0) is 0 Å². The molecule has 2 N–H and O–H groups in total. The Morgan fingerprint density at radius 2 is 2.11 bits per heavy atom. The number of carboxylic acids is 1. The number of halogens is 1. The number of aromatic carboxylic acids is 1. The number of aromatic nitrogens is 2. The van der Waals surface area contributed by atoms with Gasteiger partial charge in [-0.1, -0.05) is 20.4 Å². The van der Waals surface area contributed by atoms with Gasteiger partial charge < -0.3 is 10.4 Å². The first-order chi connectivity index (χ1) is 8.56. The van der Waals surface area contributed by atoms with Crippen molar-refractivity contribution >= 4 is 45.0 Å². The van der Waals surface area contributed by atoms with Crippen LogP contribution < -0.4 is 5.32 Å². The quantitative estimate of drug-likeness (QED) is 0.901. The number of hydrogen-bond acceptors (Lipinski definition) is 5. The van der Waals surface area contributed by atoms with E-state index < -0.39 is 11.9 Å². The predicted molar refractivity (Wildman–Crippen MR) is 69.0 cm³/mol. The molecule has 0 fully saturated rings. The molecule has 0 saturated carbocycles. The van der Waals surface area contributed by atoms with Crippen molar-refractivity contribution in [1.29, 1.82) is 0 Å². The summed E-state index contributed by atoms with van der Waals surface area (Å²) in [6.45, 7) is 0. The van der Waals surface area contributed by atoms with Gasteiger partial charge in [0, 0.05) is 15.5 Å². The first-order valence-corrected chi connectivity index (χ1v) is 6.31. The van der Waals surface area contributed by atoms with Crippen molar-refractivity contribution in [2.45, 2.75) is 0 Å². The number of amides is 1. The van der Waals surface area contributed by atoms with Gasteiger partial charge in [-0.3, -0.25) is 4.79 Å². The molecule has 2 rings (SSSR count). The van der Waals surface area contributed by atoms with Crippen LogP contribution in [0.2, 0.25) is 0 Å². The van der Waals surface area contributed by atoms with Crippen LogP contribution in [0.3, 0.4) is 0 Å². The van der Waals surface area contributed by atoms with E-state index in [9.17, 15) is 9.59 Å². The van der Waals surface area contributed by atoms with Gasteiger partial charge in [-0.05, 0) is 29.7 Å². The largest absolute Gasteiger partial charge is 0.478 e. The van der Waals surface area contributed by atoms with E-state index in [-0.39, 0.29) is 11.3 Å². The van der Waals surface area contributed by atoms with Crippen LogP contribution in [0.4, 0.5) is 5.69 Å². The van der Waals surface area contributed by atoms with Crippen LogP contribution in [0.25, 0.3) is 0 Å². The fraction of sp³-hybridized carbons (Fsp3) is 0. The van der Waals surface area contributed by atoms with Gasteiger partial charge in [0.15, 0.2) is 5.69 Å². The highest BCUT2D eigenvalue weighted by Crippen LogP contribution is 2.20. The monoisotopic (exact) mass is 327 g/mol. The van der Waals surface area contributed by atoms with E-state index in [0.717, 1.165) is 11.5 Å². The van der Waals surface area contributed by atoms with E-state index in [1.54, 1.807) is 6.07 Å². The Morgan fingerprint density at radius 3 is 2.72 bits per heavy atom. The van der Waals surface area contributed by atoms with Crippen LogP contribution in [0.15, 0.2) is 28.1 Å². The summed E-state index contributed by atoms with van der Waals surface area (Å²) in [4.78, 5) is 22.6. The number of rotatable bonds is 3. The minimum atomic E-state index is -1.07. The van der Waals surface area contributed by atoms with Crippen molar-refractivity contribution in [3.05, 3.63) is 39.3 Å². The lowest BCUT2D eigenvalue weighted by Crippen LogP contribution is -2.13. The Bertz CT molecular complexity index is 600. The molecule has 1 amide bonds. The second kappa shape index (κ2) is 5.23. The second-order valence-corrected chi connectivity index (χ2v) is 4.80. The summed E-state index contributed by atoms with van der Waals surface area (Å²) in [6, 6.07) is 4.41. The molecule has 0 aliphatic carbocycles. The third-order valence-corrected chi connectivity index (χ3v) is 2.96. The van der Waals surface area contributed by atoms with Crippen LogP contribution in [0, 0.1) is 0 Å². The number of carbonyl (C=O) groups excluding carboxylic acids is 1. The molecular formula is C10H6BrN3O3S. The van der Waals surface area contributed by atoms with Gasteiger partial charge in [-0.2, -0.15) is 0 Å². The van der Waals surface area contributed by atoms with Crippen LogP contribution >= 0.6 is 27.5 Å². The molecule has 2 aromatic rings. The van der Waals surface area contributed by atoms with Crippen molar-refractivity contribution < 1.29 is 14.7 Å². The molecule has 0 unspecified atom stereocenters. The van der Waals surface area contributed by atoms with Gasteiger partial charge >= 0.3 is 5.97 Å². The standard InChI is InChI=1S/C10H6BrN3O3S/c11-6-1-5(10(16)17)2-7(3-6)12-9(15)8-4-18-14-13-8/h1-4H,(H,12,15)(H,16,17). The second-order valence-electron chi connectivity index (χ2n) is 3.28. The fourth-order valence-electron chi connectivity index (χ4n) is 1.24. The molecule has 0 radical (unpaired) electrons. The normalized spacial score (nSPS) is 10.1. The molecule has 1 heterocycles. The predicted octanol–water partition coefficient (Wildman–Crippen LogP) is 2.25. The number of nitrogens with one attached hydrogen (secondary N) is 1. The maximum absolute atomic E-state index is 11.7. The van der Waals surface area contributed by atoms with E-state index >= 15 is 0 Å². The minimum absolute atomic E-state index is 0.0797. The van der Waals surface area contributed by atoms with E-state index in [1.165, 1.54) is 17.5 Å². The van der Waals surface area contributed by atoms with Crippen LogP contribution in [0.5, 0.6) is 0 Å². The van der Waals surface area contributed by atoms with Crippen molar-refractivity contribution in [1.82, 2.24) is 9.59 Å². The molecule has 0 aliphatic rings. The Hall–Kier alpha value is -1.80. The maximum Gasteiger partial charge on any atom is 0.335 e. The molecule has 92 valence electrons. The van der Waals surface area contributed by atoms with Gasteiger partial charge in [0.1, 0.15) is 0 Å². The molecule has 18 heavy (non-hydrogen) atoms. The summed E-state index contributed by atoms with van der Waals surface area (Å²) in [5.41, 5.74) is 0.646. The van der Waals surface area contributed by atoms with Gasteiger partial charge in [-0.15, -0.1) is 5.10 Å². The zero-order chi connectivity index (χ0) is 13.1. The van der Waals surface area contributed by atoms with E-state index in [4.69, 9.17) is 5.11 Å². The lowest BCUT2D eigenvalue weighted by molar-refractivity contribution is 0.0696. The first kappa shape index (κ1) is 12.7. The smallest absolute Gasteiger partial charge is 0.335 e. The van der Waals surface area contributed by atoms with Gasteiger partial charge in [0.25, 0.3) is 5.91 Å². The molecule has 8 heteroatoms. The number of hydrogen-bond donors (Lipinski definition) is 2. The van der Waals surface area contributed by atoms with Crippen molar-refractivity contribution in [2.24, 2.45) is 0 Å². The molecule has 6 nitrogen and oxygen atoms in total. The topological polar surface area (TPSA) is 92.2 Å². The summed E-state index contributed by atoms with van der Waals surface area (Å²) >= 11 is 4.24. The first-order valence-electron chi connectivity index (χ1n) is 4.68. The third-order valence-electron chi connectivity index (χ3n) is 2.00. The van der Waals surface area contributed by atoms with E-state index in [0.29, 0.717) is 10.2 Å². The molecule has 0 atom stereocenters. The molecule has 0 aliphatic heterocycles. The van der Waals surface area contributed by atoms with Crippen molar-refractivity contribution in [3.63, 3.8) is 0 Å². The summed E-state index contributed by atoms with van der Waals surface area (Å²) in [5, 5.41) is 16.6. The van der Waals surface area contributed by atoms with Gasteiger partial charge in [0.2, 0.25) is 0 Å². The Kier molecular flexibility index (Phi) is 3.68. The molecule has 1 aromatic heterocycles. The number of anilines is 1. The average molecular weight is 328 g/mol. The number of nitrogens with zero attached hydrogens (tertiary/aromatic N) is 2. The van der Waals surface area contributed by atoms with Crippen LogP contribution in [0.1, 0.15) is 20.8 Å². The number of carbonyl (C=O) groups is 2. The Labute approximate surface area is 114 Å². The van der Waals surface area contributed by atoms with Gasteiger partial charge in [-0.25, -0.2) is 4.79 Å². The molecule has 0 spiro atoms. The van der Waals surface area contributed by atoms with E-state index in [2.05, 4.69) is 30.8 Å². The lowest BCUT2D eigenvalue weighted by Gasteiger charge is -2.05. The summed E-state index contributed by atoms with van der Waals surface area (Å²) in [7, 11) is 0. The van der Waals surface area contributed by atoms with Crippen molar-refractivity contribution in [3.8, 4) is 0 Å².